The number of ether oxygens (including phenoxy) is 1. The largest absolute Gasteiger partial charge is 0.495 e. The number of alkyl halides is 6. The Morgan fingerprint density at radius 1 is 0.966 bits per heavy atom. The highest BCUT2D eigenvalue weighted by atomic mass is 32.1. The van der Waals surface area contributed by atoms with Crippen LogP contribution in [0.1, 0.15) is 27.0 Å². The van der Waals surface area contributed by atoms with E-state index in [-0.39, 0.29) is 22.6 Å². The number of aryl methyl sites for hydroxylation is 1. The summed E-state index contributed by atoms with van der Waals surface area (Å²) in [6.45, 7) is 1.39. The second-order valence-corrected chi connectivity index (χ2v) is 6.31. The monoisotopic (exact) mass is 436 g/mol. The normalized spacial score (nSPS) is 11.7. The molecule has 0 aromatic heterocycles. The van der Waals surface area contributed by atoms with Crippen LogP contribution in [-0.2, 0) is 12.4 Å². The molecule has 0 bridgehead atoms. The van der Waals surface area contributed by atoms with Crippen molar-refractivity contribution in [1.29, 1.82) is 0 Å². The highest BCUT2D eigenvalue weighted by molar-refractivity contribution is 7.80. The molecule has 0 fully saturated rings. The minimum atomic E-state index is -4.65. The molecule has 156 valence electrons. The molecule has 0 saturated heterocycles. The van der Waals surface area contributed by atoms with Crippen LogP contribution < -0.4 is 15.4 Å². The first-order valence-electron chi connectivity index (χ1n) is 7.87. The SMILES string of the molecule is COc1ccc(C(F)(F)F)cc1NC(=S)NC(=O)c1cc(C)cc(C(F)(F)F)c1. The van der Waals surface area contributed by atoms with Crippen molar-refractivity contribution in [1.82, 2.24) is 5.32 Å². The van der Waals surface area contributed by atoms with E-state index in [2.05, 4.69) is 10.6 Å². The first kappa shape index (κ1) is 22.5. The van der Waals surface area contributed by atoms with E-state index in [1.807, 2.05) is 0 Å². The maximum absolute atomic E-state index is 12.9. The van der Waals surface area contributed by atoms with Crippen LogP contribution in [0.25, 0.3) is 0 Å². The molecule has 0 heterocycles. The lowest BCUT2D eigenvalue weighted by molar-refractivity contribution is -0.138. The zero-order chi connectivity index (χ0) is 22.0. The second kappa shape index (κ2) is 8.27. The minimum Gasteiger partial charge on any atom is -0.495 e. The number of carbonyl (C=O) groups is 1. The second-order valence-electron chi connectivity index (χ2n) is 5.91. The fourth-order valence-electron chi connectivity index (χ4n) is 2.39. The summed E-state index contributed by atoms with van der Waals surface area (Å²) in [5.41, 5.74) is -2.28. The number of methoxy groups -OCH3 is 1. The molecule has 11 heteroatoms. The standard InChI is InChI=1S/C18H14F6N2O2S/c1-9-5-10(7-12(6-9)18(22,23)24)15(27)26-16(29)25-13-8-11(17(19,20)21)3-4-14(13)28-2/h3-8H,1-2H3,(H2,25,26,27,29). The molecule has 0 unspecified atom stereocenters. The molecular formula is C18H14F6N2O2S. The van der Waals surface area contributed by atoms with Crippen molar-refractivity contribution in [2.24, 2.45) is 0 Å². The maximum atomic E-state index is 12.9. The summed E-state index contributed by atoms with van der Waals surface area (Å²) in [4.78, 5) is 12.2. The summed E-state index contributed by atoms with van der Waals surface area (Å²) in [6, 6.07) is 5.34. The van der Waals surface area contributed by atoms with Gasteiger partial charge >= 0.3 is 12.4 Å². The summed E-state index contributed by atoms with van der Waals surface area (Å²) in [7, 11) is 1.22. The third-order valence-corrected chi connectivity index (χ3v) is 3.87. The number of thiocarbonyl (C=S) groups is 1. The Hall–Kier alpha value is -2.82. The fraction of sp³-hybridized carbons (Fsp3) is 0.222. The minimum absolute atomic E-state index is 0.0181. The van der Waals surface area contributed by atoms with E-state index in [9.17, 15) is 31.1 Å². The van der Waals surface area contributed by atoms with Crippen LogP contribution in [0.2, 0.25) is 0 Å². The number of nitrogens with one attached hydrogen (secondary N) is 2. The van der Waals surface area contributed by atoms with Crippen LogP contribution in [-0.4, -0.2) is 18.1 Å². The molecule has 0 aliphatic carbocycles. The van der Waals surface area contributed by atoms with E-state index >= 15 is 0 Å². The van der Waals surface area contributed by atoms with Crippen LogP contribution in [0.4, 0.5) is 32.0 Å². The molecule has 0 atom stereocenters. The maximum Gasteiger partial charge on any atom is 0.416 e. The summed E-state index contributed by atoms with van der Waals surface area (Å²) >= 11 is 4.89. The van der Waals surface area contributed by atoms with Crippen LogP contribution in [0, 0.1) is 6.92 Å². The predicted molar refractivity (Wildman–Crippen MR) is 97.9 cm³/mol. The Morgan fingerprint density at radius 2 is 1.59 bits per heavy atom. The van der Waals surface area contributed by atoms with E-state index in [1.165, 1.54) is 20.1 Å². The highest BCUT2D eigenvalue weighted by Crippen LogP contribution is 2.35. The van der Waals surface area contributed by atoms with Gasteiger partial charge in [0.05, 0.1) is 23.9 Å². The highest BCUT2D eigenvalue weighted by Gasteiger charge is 2.32. The van der Waals surface area contributed by atoms with E-state index in [1.54, 1.807) is 0 Å². The van der Waals surface area contributed by atoms with Gasteiger partial charge in [-0.1, -0.05) is 0 Å². The molecule has 2 rings (SSSR count). The lowest BCUT2D eigenvalue weighted by Crippen LogP contribution is -2.34. The van der Waals surface area contributed by atoms with E-state index < -0.39 is 34.5 Å². The summed E-state index contributed by atoms with van der Waals surface area (Å²) in [5.74, 6) is -0.938. The summed E-state index contributed by atoms with van der Waals surface area (Å²) in [5, 5.41) is 4.11. The van der Waals surface area contributed by atoms with Crippen molar-refractivity contribution in [3.05, 3.63) is 58.7 Å². The van der Waals surface area contributed by atoms with E-state index in [0.717, 1.165) is 24.3 Å². The Bertz CT molecular complexity index is 941. The Balaban J connectivity index is 2.22. The third kappa shape index (κ3) is 5.83. The number of anilines is 1. The molecule has 2 N–H and O–H groups in total. The average molecular weight is 436 g/mol. The molecule has 0 aliphatic heterocycles. The number of amides is 1. The zero-order valence-electron chi connectivity index (χ0n) is 15.0. The van der Waals surface area contributed by atoms with Gasteiger partial charge in [0.25, 0.3) is 5.91 Å². The van der Waals surface area contributed by atoms with Gasteiger partial charge < -0.3 is 10.1 Å². The third-order valence-electron chi connectivity index (χ3n) is 3.67. The van der Waals surface area contributed by atoms with Crippen LogP contribution in [0.3, 0.4) is 0 Å². The lowest BCUT2D eigenvalue weighted by Gasteiger charge is -2.16. The van der Waals surface area contributed by atoms with Crippen molar-refractivity contribution >= 4 is 28.9 Å². The molecule has 1 amide bonds. The van der Waals surface area contributed by atoms with Crippen molar-refractivity contribution in [3.8, 4) is 5.75 Å². The van der Waals surface area contributed by atoms with Gasteiger partial charge in [0.15, 0.2) is 5.11 Å². The lowest BCUT2D eigenvalue weighted by atomic mass is 10.1. The Labute approximate surface area is 166 Å². The molecule has 0 aliphatic rings. The fourth-order valence-corrected chi connectivity index (χ4v) is 2.59. The molecule has 2 aromatic carbocycles. The predicted octanol–water partition coefficient (Wildman–Crippen LogP) is 5.17. The molecule has 0 radical (unpaired) electrons. The van der Waals surface area contributed by atoms with Crippen molar-refractivity contribution in [2.45, 2.75) is 19.3 Å². The van der Waals surface area contributed by atoms with Crippen molar-refractivity contribution in [3.63, 3.8) is 0 Å². The van der Waals surface area contributed by atoms with Crippen molar-refractivity contribution < 1.29 is 35.9 Å². The van der Waals surface area contributed by atoms with Crippen LogP contribution in [0.15, 0.2) is 36.4 Å². The first-order chi connectivity index (χ1) is 13.3. The molecule has 2 aromatic rings. The smallest absolute Gasteiger partial charge is 0.416 e. The van der Waals surface area contributed by atoms with Gasteiger partial charge in [-0.05, 0) is 61.1 Å². The molecular weight excluding hydrogens is 422 g/mol. The van der Waals surface area contributed by atoms with Gasteiger partial charge in [0.2, 0.25) is 0 Å². The van der Waals surface area contributed by atoms with Crippen molar-refractivity contribution in [2.75, 3.05) is 12.4 Å². The number of hydrogen-bond donors (Lipinski definition) is 2. The Morgan fingerprint density at radius 3 is 2.14 bits per heavy atom. The topological polar surface area (TPSA) is 50.4 Å². The van der Waals surface area contributed by atoms with Gasteiger partial charge in [-0.2, -0.15) is 26.3 Å². The van der Waals surface area contributed by atoms with E-state index in [4.69, 9.17) is 17.0 Å². The summed E-state index contributed by atoms with van der Waals surface area (Å²) in [6.07, 6.45) is -9.27. The first-order valence-corrected chi connectivity index (χ1v) is 8.28. The van der Waals surface area contributed by atoms with Gasteiger partial charge in [0, 0.05) is 5.56 Å². The number of carbonyl (C=O) groups excluding carboxylic acids is 1. The molecule has 0 saturated carbocycles. The zero-order valence-corrected chi connectivity index (χ0v) is 15.8. The molecule has 4 nitrogen and oxygen atoms in total. The van der Waals surface area contributed by atoms with Gasteiger partial charge in [-0.3, -0.25) is 10.1 Å². The van der Waals surface area contributed by atoms with Crippen LogP contribution in [0.5, 0.6) is 5.75 Å². The van der Waals surface area contributed by atoms with Crippen LogP contribution >= 0.6 is 12.2 Å². The van der Waals surface area contributed by atoms with Gasteiger partial charge in [0.1, 0.15) is 5.75 Å². The van der Waals surface area contributed by atoms with E-state index in [0.29, 0.717) is 6.07 Å². The summed E-state index contributed by atoms with van der Waals surface area (Å²) < 4.78 is 82.3. The Kier molecular flexibility index (Phi) is 6.41. The molecule has 29 heavy (non-hydrogen) atoms. The number of rotatable bonds is 3. The van der Waals surface area contributed by atoms with Gasteiger partial charge in [-0.15, -0.1) is 0 Å². The number of hydrogen-bond acceptors (Lipinski definition) is 3. The van der Waals surface area contributed by atoms with Gasteiger partial charge in [-0.25, -0.2) is 0 Å². The quantitative estimate of drug-likeness (QED) is 0.515. The average Bonchev–Trinajstić information content (AvgIpc) is 2.59. The number of halogens is 6. The molecule has 0 spiro atoms. The number of benzene rings is 2.